The van der Waals surface area contributed by atoms with E-state index in [9.17, 15) is 18.0 Å². The summed E-state index contributed by atoms with van der Waals surface area (Å²) in [5.41, 5.74) is 2.83. The fourth-order valence-corrected chi connectivity index (χ4v) is 4.37. The van der Waals surface area contributed by atoms with Crippen LogP contribution >= 0.6 is 0 Å². The molecule has 160 valence electrons. The summed E-state index contributed by atoms with van der Waals surface area (Å²) >= 11 is 0. The molecule has 0 spiro atoms. The molecular weight excluding hydrogens is 400 g/mol. The van der Waals surface area contributed by atoms with Gasteiger partial charge in [0, 0.05) is 37.5 Å². The monoisotopic (exact) mass is 428 g/mol. The summed E-state index contributed by atoms with van der Waals surface area (Å²) in [5, 5.41) is 0. The summed E-state index contributed by atoms with van der Waals surface area (Å²) in [6.45, 7) is 6.71. The van der Waals surface area contributed by atoms with Crippen molar-refractivity contribution in [2.45, 2.75) is 44.7 Å². The number of hydrogen-bond donors (Lipinski definition) is 0. The number of anilines is 1. The molecule has 0 aromatic heterocycles. The molecule has 3 rings (SSSR count). The van der Waals surface area contributed by atoms with Crippen LogP contribution < -0.4 is 4.90 Å². The lowest BCUT2D eigenvalue weighted by atomic mass is 10.1. The number of amides is 2. The third kappa shape index (κ3) is 4.90. The van der Waals surface area contributed by atoms with Gasteiger partial charge in [0.15, 0.2) is 9.84 Å². The van der Waals surface area contributed by atoms with Crippen LogP contribution in [0.1, 0.15) is 31.4 Å². The molecule has 1 unspecified atom stereocenters. The van der Waals surface area contributed by atoms with Gasteiger partial charge in [0.05, 0.1) is 10.8 Å². The number of benzene rings is 2. The van der Waals surface area contributed by atoms with Crippen molar-refractivity contribution in [3.05, 3.63) is 59.7 Å². The Balaban J connectivity index is 1.76. The Morgan fingerprint density at radius 1 is 1.10 bits per heavy atom. The van der Waals surface area contributed by atoms with Gasteiger partial charge in [-0.3, -0.25) is 9.59 Å². The lowest BCUT2D eigenvalue weighted by Gasteiger charge is -2.29. The number of carbonyl (C=O) groups excluding carboxylic acids is 2. The summed E-state index contributed by atoms with van der Waals surface area (Å²) in [6.07, 6.45) is 1.34. The van der Waals surface area contributed by atoms with Gasteiger partial charge in [-0.2, -0.15) is 0 Å². The van der Waals surface area contributed by atoms with Gasteiger partial charge in [-0.15, -0.1) is 0 Å². The molecule has 7 heteroatoms. The highest BCUT2D eigenvalue weighted by Crippen LogP contribution is 2.27. The largest absolute Gasteiger partial charge is 0.338 e. The van der Waals surface area contributed by atoms with Crippen molar-refractivity contribution in [1.29, 1.82) is 0 Å². The van der Waals surface area contributed by atoms with E-state index in [1.165, 1.54) is 12.1 Å². The number of sulfone groups is 1. The number of likely N-dealkylation sites (tertiary alicyclic amines) is 1. The molecule has 1 aliphatic rings. The lowest BCUT2D eigenvalue weighted by molar-refractivity contribution is -0.129. The van der Waals surface area contributed by atoms with E-state index in [4.69, 9.17) is 0 Å². The third-order valence-electron chi connectivity index (χ3n) is 5.35. The van der Waals surface area contributed by atoms with E-state index in [0.717, 1.165) is 17.4 Å². The summed E-state index contributed by atoms with van der Waals surface area (Å²) in [4.78, 5) is 29.4. The van der Waals surface area contributed by atoms with Crippen molar-refractivity contribution in [2.75, 3.05) is 17.7 Å². The number of rotatable bonds is 6. The highest BCUT2D eigenvalue weighted by Gasteiger charge is 2.37. The van der Waals surface area contributed by atoms with Gasteiger partial charge in [0.2, 0.25) is 11.8 Å². The van der Waals surface area contributed by atoms with Crippen LogP contribution in [-0.4, -0.2) is 44.0 Å². The average Bonchev–Trinajstić information content (AvgIpc) is 3.04. The van der Waals surface area contributed by atoms with Crippen molar-refractivity contribution in [1.82, 2.24) is 4.90 Å². The second-order valence-electron chi connectivity index (χ2n) is 8.23. The molecule has 2 aromatic carbocycles. The van der Waals surface area contributed by atoms with Gasteiger partial charge in [-0.1, -0.05) is 29.8 Å². The topological polar surface area (TPSA) is 74.8 Å². The molecule has 1 atom stereocenters. The second kappa shape index (κ2) is 8.60. The van der Waals surface area contributed by atoms with Crippen LogP contribution in [0.25, 0.3) is 0 Å². The van der Waals surface area contributed by atoms with Crippen molar-refractivity contribution >= 4 is 27.3 Å². The Bertz CT molecular complexity index is 1030. The molecule has 0 bridgehead atoms. The number of hydrogen-bond acceptors (Lipinski definition) is 4. The molecule has 0 aliphatic carbocycles. The molecule has 6 nitrogen and oxygen atoms in total. The van der Waals surface area contributed by atoms with E-state index in [0.29, 0.717) is 18.8 Å². The van der Waals surface area contributed by atoms with Crippen LogP contribution in [0.2, 0.25) is 0 Å². The first-order valence-corrected chi connectivity index (χ1v) is 11.9. The van der Waals surface area contributed by atoms with Gasteiger partial charge in [-0.25, -0.2) is 8.42 Å². The smallest absolute Gasteiger partial charge is 0.232 e. The fourth-order valence-electron chi connectivity index (χ4n) is 3.73. The van der Waals surface area contributed by atoms with Crippen LogP contribution in [0.15, 0.2) is 53.4 Å². The Morgan fingerprint density at radius 3 is 2.23 bits per heavy atom. The van der Waals surface area contributed by atoms with Gasteiger partial charge < -0.3 is 9.80 Å². The molecule has 0 radical (unpaired) electrons. The number of carbonyl (C=O) groups is 2. The minimum Gasteiger partial charge on any atom is -0.338 e. The summed E-state index contributed by atoms with van der Waals surface area (Å²) in [5.74, 6) is -0.554. The Morgan fingerprint density at radius 2 is 1.70 bits per heavy atom. The fraction of sp³-hybridized carbons (Fsp3) is 0.391. The molecule has 1 saturated heterocycles. The molecule has 0 saturated carbocycles. The van der Waals surface area contributed by atoms with Crippen LogP contribution in [0.4, 0.5) is 5.69 Å². The zero-order valence-corrected chi connectivity index (χ0v) is 18.6. The molecule has 0 N–H and O–H groups in total. The molecule has 1 fully saturated rings. The van der Waals surface area contributed by atoms with Crippen LogP contribution in [-0.2, 0) is 26.0 Å². The Kier molecular flexibility index (Phi) is 6.31. The highest BCUT2D eigenvalue weighted by molar-refractivity contribution is 7.90. The van der Waals surface area contributed by atoms with Crippen LogP contribution in [0.3, 0.4) is 0 Å². The van der Waals surface area contributed by atoms with Gasteiger partial charge in [0.25, 0.3) is 0 Å². The average molecular weight is 429 g/mol. The first-order valence-electron chi connectivity index (χ1n) is 10.0. The zero-order chi connectivity index (χ0) is 22.1. The Hall–Kier alpha value is -2.67. The maximum absolute atomic E-state index is 13.3. The maximum Gasteiger partial charge on any atom is 0.232 e. The van der Waals surface area contributed by atoms with Crippen molar-refractivity contribution < 1.29 is 18.0 Å². The van der Waals surface area contributed by atoms with Crippen molar-refractivity contribution in [3.63, 3.8) is 0 Å². The van der Waals surface area contributed by atoms with E-state index < -0.39 is 15.8 Å². The maximum atomic E-state index is 13.3. The summed E-state index contributed by atoms with van der Waals surface area (Å²) in [6, 6.07) is 14.2. The van der Waals surface area contributed by atoms with Crippen molar-refractivity contribution in [2.24, 2.45) is 5.92 Å². The first kappa shape index (κ1) is 22.0. The van der Waals surface area contributed by atoms with E-state index in [1.54, 1.807) is 21.9 Å². The molecule has 1 heterocycles. The van der Waals surface area contributed by atoms with Gasteiger partial charge >= 0.3 is 0 Å². The third-order valence-corrected chi connectivity index (χ3v) is 6.48. The predicted octanol–water partition coefficient (Wildman–Crippen LogP) is 3.19. The minimum absolute atomic E-state index is 0.0231. The van der Waals surface area contributed by atoms with E-state index >= 15 is 0 Å². The standard InChI is InChI=1S/C23H28N2O4S/c1-16(2)25(20-9-11-21(12-10-20)30(4,28)29)23(27)19-13-22(26)24(15-19)14-18-7-5-17(3)6-8-18/h5-12,16,19H,13-15H2,1-4H3. The van der Waals surface area contributed by atoms with Crippen LogP contribution in [0, 0.1) is 12.8 Å². The predicted molar refractivity (Wildman–Crippen MR) is 117 cm³/mol. The molecule has 30 heavy (non-hydrogen) atoms. The molecule has 2 aromatic rings. The second-order valence-corrected chi connectivity index (χ2v) is 10.2. The molecular formula is C23H28N2O4S. The molecule has 2 amide bonds. The lowest BCUT2D eigenvalue weighted by Crippen LogP contribution is -2.42. The summed E-state index contributed by atoms with van der Waals surface area (Å²) < 4.78 is 23.4. The SMILES string of the molecule is Cc1ccc(CN2CC(C(=O)N(c3ccc(S(C)(=O)=O)cc3)C(C)C)CC2=O)cc1. The van der Waals surface area contributed by atoms with Gasteiger partial charge in [-0.05, 0) is 50.6 Å². The summed E-state index contributed by atoms with van der Waals surface area (Å²) in [7, 11) is -3.30. The minimum atomic E-state index is -3.30. The van der Waals surface area contributed by atoms with E-state index in [-0.39, 0.29) is 29.2 Å². The number of nitrogens with zero attached hydrogens (tertiary/aromatic N) is 2. The number of aryl methyl sites for hydroxylation is 1. The highest BCUT2D eigenvalue weighted by atomic mass is 32.2. The van der Waals surface area contributed by atoms with Crippen LogP contribution in [0.5, 0.6) is 0 Å². The Labute approximate surface area is 178 Å². The quantitative estimate of drug-likeness (QED) is 0.708. The zero-order valence-electron chi connectivity index (χ0n) is 17.8. The van der Waals surface area contributed by atoms with Gasteiger partial charge in [0.1, 0.15) is 0 Å². The van der Waals surface area contributed by atoms with E-state index in [1.807, 2.05) is 45.0 Å². The normalized spacial score (nSPS) is 16.9. The van der Waals surface area contributed by atoms with Crippen molar-refractivity contribution in [3.8, 4) is 0 Å². The van der Waals surface area contributed by atoms with E-state index in [2.05, 4.69) is 0 Å². The first-order chi connectivity index (χ1) is 14.1. The molecule has 1 aliphatic heterocycles.